The van der Waals surface area contributed by atoms with E-state index in [2.05, 4.69) is 4.72 Å². The third kappa shape index (κ3) is 3.05. The number of hydrogen-bond acceptors (Lipinski definition) is 4. The summed E-state index contributed by atoms with van der Waals surface area (Å²) in [6, 6.07) is 11.8. The van der Waals surface area contributed by atoms with Gasteiger partial charge in [-0.1, -0.05) is 18.2 Å². The number of nitrogens with one attached hydrogen (secondary N) is 1. The van der Waals surface area contributed by atoms with Crippen LogP contribution >= 0.6 is 0 Å². The second-order valence-electron chi connectivity index (χ2n) is 7.16. The fourth-order valence-electron chi connectivity index (χ4n) is 4.05. The SMILES string of the molecule is O=C(c1ccco1)N1CCC2(CC[C@H]2NS(=O)(=O)c2ccccc2)CC1. The van der Waals surface area contributed by atoms with Crippen LogP contribution in [0.1, 0.15) is 36.2 Å². The normalized spacial score (nSPS) is 22.2. The predicted molar refractivity (Wildman–Crippen MR) is 96.1 cm³/mol. The summed E-state index contributed by atoms with van der Waals surface area (Å²) in [6.45, 7) is 1.26. The Labute approximate surface area is 153 Å². The summed E-state index contributed by atoms with van der Waals surface area (Å²) in [6.07, 6.45) is 4.96. The number of benzene rings is 1. The van der Waals surface area contributed by atoms with Crippen LogP contribution in [0, 0.1) is 5.41 Å². The van der Waals surface area contributed by atoms with Crippen LogP contribution in [-0.2, 0) is 10.0 Å². The Morgan fingerprint density at radius 3 is 2.38 bits per heavy atom. The van der Waals surface area contributed by atoms with E-state index in [0.29, 0.717) is 23.7 Å². The minimum Gasteiger partial charge on any atom is -0.459 e. The molecule has 1 N–H and O–H groups in total. The maximum absolute atomic E-state index is 12.6. The van der Waals surface area contributed by atoms with Crippen molar-refractivity contribution in [1.29, 1.82) is 0 Å². The van der Waals surface area contributed by atoms with E-state index in [9.17, 15) is 13.2 Å². The molecular formula is C19H22N2O4S. The largest absolute Gasteiger partial charge is 0.459 e. The Hall–Kier alpha value is -2.12. The molecule has 1 aliphatic carbocycles. The number of hydrogen-bond donors (Lipinski definition) is 1. The van der Waals surface area contributed by atoms with Gasteiger partial charge in [-0.05, 0) is 55.4 Å². The monoisotopic (exact) mass is 374 g/mol. The molecule has 1 spiro atoms. The zero-order valence-corrected chi connectivity index (χ0v) is 15.2. The first-order valence-corrected chi connectivity index (χ1v) is 10.4. The van der Waals surface area contributed by atoms with Gasteiger partial charge in [0, 0.05) is 19.1 Å². The topological polar surface area (TPSA) is 79.6 Å². The first kappa shape index (κ1) is 17.3. The Bertz CT molecular complexity index is 870. The summed E-state index contributed by atoms with van der Waals surface area (Å²) in [5.74, 6) is 0.265. The Morgan fingerprint density at radius 1 is 1.08 bits per heavy atom. The van der Waals surface area contributed by atoms with Gasteiger partial charge in [0.2, 0.25) is 10.0 Å². The molecule has 1 atom stereocenters. The highest BCUT2D eigenvalue weighted by atomic mass is 32.2. The quantitative estimate of drug-likeness (QED) is 0.892. The van der Waals surface area contributed by atoms with E-state index in [1.807, 2.05) is 0 Å². The molecule has 26 heavy (non-hydrogen) atoms. The summed E-state index contributed by atoms with van der Waals surface area (Å²) in [5.41, 5.74) is -0.0399. The van der Waals surface area contributed by atoms with Crippen molar-refractivity contribution in [3.8, 4) is 0 Å². The number of sulfonamides is 1. The summed E-state index contributed by atoms with van der Waals surface area (Å²) < 4.78 is 33.3. The second-order valence-corrected chi connectivity index (χ2v) is 8.87. The first-order valence-electron chi connectivity index (χ1n) is 8.90. The number of carbonyl (C=O) groups is 1. The number of carbonyl (C=O) groups excluding carboxylic acids is 1. The number of nitrogens with zero attached hydrogens (tertiary/aromatic N) is 1. The average Bonchev–Trinajstić information content (AvgIpc) is 3.20. The van der Waals surface area contributed by atoms with Gasteiger partial charge in [-0.2, -0.15) is 0 Å². The molecule has 2 fully saturated rings. The van der Waals surface area contributed by atoms with E-state index in [1.54, 1.807) is 47.4 Å². The van der Waals surface area contributed by atoms with Crippen LogP contribution < -0.4 is 4.72 Å². The molecule has 2 aromatic rings. The molecule has 0 unspecified atom stereocenters. The molecule has 1 aromatic carbocycles. The molecule has 1 aliphatic heterocycles. The summed E-state index contributed by atoms with van der Waals surface area (Å²) >= 11 is 0. The van der Waals surface area contributed by atoms with E-state index in [-0.39, 0.29) is 17.4 Å². The van der Waals surface area contributed by atoms with Gasteiger partial charge < -0.3 is 9.32 Å². The lowest BCUT2D eigenvalue weighted by atomic mass is 9.59. The summed E-state index contributed by atoms with van der Waals surface area (Å²) in [5, 5.41) is 0. The van der Waals surface area contributed by atoms with Crippen LogP contribution in [-0.4, -0.2) is 38.4 Å². The highest BCUT2D eigenvalue weighted by molar-refractivity contribution is 7.89. The van der Waals surface area contributed by atoms with E-state index >= 15 is 0 Å². The zero-order chi connectivity index (χ0) is 18.2. The van der Waals surface area contributed by atoms with Gasteiger partial charge in [-0.25, -0.2) is 13.1 Å². The maximum Gasteiger partial charge on any atom is 0.289 e. The van der Waals surface area contributed by atoms with E-state index in [4.69, 9.17) is 4.42 Å². The number of amides is 1. The Balaban J connectivity index is 1.41. The molecule has 0 radical (unpaired) electrons. The molecule has 138 valence electrons. The van der Waals surface area contributed by atoms with Gasteiger partial charge in [-0.3, -0.25) is 4.79 Å². The van der Waals surface area contributed by atoms with Crippen LogP contribution in [0.15, 0.2) is 58.0 Å². The van der Waals surface area contributed by atoms with Crippen molar-refractivity contribution in [2.24, 2.45) is 5.41 Å². The van der Waals surface area contributed by atoms with Crippen molar-refractivity contribution in [2.75, 3.05) is 13.1 Å². The van der Waals surface area contributed by atoms with Gasteiger partial charge in [0.1, 0.15) is 0 Å². The summed E-state index contributed by atoms with van der Waals surface area (Å²) in [7, 11) is -3.51. The number of furan rings is 1. The van der Waals surface area contributed by atoms with E-state index < -0.39 is 10.0 Å². The molecule has 4 rings (SSSR count). The molecule has 7 heteroatoms. The Morgan fingerprint density at radius 2 is 1.81 bits per heavy atom. The van der Waals surface area contributed by atoms with Gasteiger partial charge >= 0.3 is 0 Å². The molecular weight excluding hydrogens is 352 g/mol. The molecule has 2 heterocycles. The van der Waals surface area contributed by atoms with Crippen LogP contribution in [0.2, 0.25) is 0 Å². The maximum atomic E-state index is 12.6. The van der Waals surface area contributed by atoms with E-state index in [0.717, 1.165) is 25.7 Å². The molecule has 1 saturated heterocycles. The smallest absolute Gasteiger partial charge is 0.289 e. The lowest BCUT2D eigenvalue weighted by Gasteiger charge is -2.53. The molecule has 0 bridgehead atoms. The molecule has 6 nitrogen and oxygen atoms in total. The van der Waals surface area contributed by atoms with Gasteiger partial charge in [0.15, 0.2) is 5.76 Å². The lowest BCUT2D eigenvalue weighted by Crippen LogP contribution is -2.59. The van der Waals surface area contributed by atoms with Crippen LogP contribution in [0.3, 0.4) is 0 Å². The van der Waals surface area contributed by atoms with Crippen LogP contribution in [0.4, 0.5) is 0 Å². The predicted octanol–water partition coefficient (Wildman–Crippen LogP) is 2.64. The minimum absolute atomic E-state index is 0.0399. The third-order valence-corrected chi connectivity index (χ3v) is 7.29. The highest BCUT2D eigenvalue weighted by Gasteiger charge is 2.50. The second kappa shape index (κ2) is 6.55. The van der Waals surface area contributed by atoms with Gasteiger partial charge in [0.25, 0.3) is 5.91 Å². The highest BCUT2D eigenvalue weighted by Crippen LogP contribution is 2.49. The minimum atomic E-state index is -3.51. The third-order valence-electron chi connectivity index (χ3n) is 5.80. The molecule has 1 aromatic heterocycles. The molecule has 1 amide bonds. The van der Waals surface area contributed by atoms with Crippen molar-refractivity contribution in [3.05, 3.63) is 54.5 Å². The van der Waals surface area contributed by atoms with Crippen molar-refractivity contribution in [1.82, 2.24) is 9.62 Å². The Kier molecular flexibility index (Phi) is 4.36. The zero-order valence-electron chi connectivity index (χ0n) is 14.4. The summed E-state index contributed by atoms with van der Waals surface area (Å²) in [4.78, 5) is 14.5. The van der Waals surface area contributed by atoms with Crippen molar-refractivity contribution in [3.63, 3.8) is 0 Å². The molecule has 1 saturated carbocycles. The van der Waals surface area contributed by atoms with Gasteiger partial charge in [0.05, 0.1) is 11.2 Å². The van der Waals surface area contributed by atoms with Gasteiger partial charge in [-0.15, -0.1) is 0 Å². The number of rotatable bonds is 4. The number of likely N-dealkylation sites (tertiary alicyclic amines) is 1. The van der Waals surface area contributed by atoms with Crippen LogP contribution in [0.5, 0.6) is 0 Å². The standard InChI is InChI=1S/C19H22N2O4S/c22-18(16-7-4-14-25-16)21-12-10-19(11-13-21)9-8-17(19)20-26(23,24)15-5-2-1-3-6-15/h1-7,14,17,20H,8-13H2/t17-/m1/s1. The first-order chi connectivity index (χ1) is 12.5. The van der Waals surface area contributed by atoms with E-state index in [1.165, 1.54) is 6.26 Å². The van der Waals surface area contributed by atoms with Crippen molar-refractivity contribution >= 4 is 15.9 Å². The van der Waals surface area contributed by atoms with Crippen molar-refractivity contribution in [2.45, 2.75) is 36.6 Å². The lowest BCUT2D eigenvalue weighted by molar-refractivity contribution is 0.00404. The fourth-order valence-corrected chi connectivity index (χ4v) is 5.44. The fraction of sp³-hybridized carbons (Fsp3) is 0.421. The average molecular weight is 374 g/mol. The van der Waals surface area contributed by atoms with Crippen molar-refractivity contribution < 1.29 is 17.6 Å². The van der Waals surface area contributed by atoms with Crippen LogP contribution in [0.25, 0.3) is 0 Å². The number of piperidine rings is 1. The molecule has 2 aliphatic rings.